The highest BCUT2D eigenvalue weighted by atomic mass is 35.5. The Bertz CT molecular complexity index is 273. The second-order valence-corrected chi connectivity index (χ2v) is 3.20. The van der Waals surface area contributed by atoms with Gasteiger partial charge in [0, 0.05) is 25.5 Å². The molecule has 0 aromatic carbocycles. The predicted molar refractivity (Wildman–Crippen MR) is 52.9 cm³/mol. The Hall–Kier alpha value is -0.760. The zero-order valence-corrected chi connectivity index (χ0v) is 8.39. The lowest BCUT2D eigenvalue weighted by Gasteiger charge is -2.18. The topological polar surface area (TPSA) is 16.1 Å². The molecule has 1 aromatic rings. The van der Waals surface area contributed by atoms with Crippen LogP contribution in [0, 0.1) is 6.92 Å². The average Bonchev–Trinajstić information content (AvgIpc) is 2.08. The molecule has 0 aliphatic heterocycles. The molecular formula is C9H13ClN2. The predicted octanol–water partition coefficient (Wildman–Crippen LogP) is 2.50. The lowest BCUT2D eigenvalue weighted by molar-refractivity contribution is 0.961. The molecule has 0 saturated heterocycles. The van der Waals surface area contributed by atoms with Crippen molar-refractivity contribution >= 4 is 17.3 Å². The molecule has 0 radical (unpaired) electrons. The standard InChI is InChI=1S/C9H13ClN2/c1-4-12(3)9-5-7(2)11-6-8(9)10/h5-6H,4H2,1-3H3. The number of anilines is 1. The molecule has 0 aliphatic rings. The fourth-order valence-electron chi connectivity index (χ4n) is 0.992. The van der Waals surface area contributed by atoms with Crippen LogP contribution in [0.15, 0.2) is 12.3 Å². The van der Waals surface area contributed by atoms with Crippen molar-refractivity contribution < 1.29 is 0 Å². The highest BCUT2D eigenvalue weighted by molar-refractivity contribution is 6.33. The van der Waals surface area contributed by atoms with E-state index in [2.05, 4.69) is 16.8 Å². The molecule has 1 aromatic heterocycles. The van der Waals surface area contributed by atoms with Crippen LogP contribution >= 0.6 is 11.6 Å². The lowest BCUT2D eigenvalue weighted by atomic mass is 10.3. The number of hydrogen-bond acceptors (Lipinski definition) is 2. The van der Waals surface area contributed by atoms with E-state index < -0.39 is 0 Å². The quantitative estimate of drug-likeness (QED) is 0.702. The molecule has 12 heavy (non-hydrogen) atoms. The number of aryl methyl sites for hydroxylation is 1. The SMILES string of the molecule is CCN(C)c1cc(C)ncc1Cl. The van der Waals surface area contributed by atoms with E-state index in [1.54, 1.807) is 6.20 Å². The van der Waals surface area contributed by atoms with Crippen molar-refractivity contribution in [1.29, 1.82) is 0 Å². The van der Waals surface area contributed by atoms with Crippen LogP contribution in [-0.2, 0) is 0 Å². The zero-order chi connectivity index (χ0) is 9.14. The van der Waals surface area contributed by atoms with Gasteiger partial charge in [0.15, 0.2) is 0 Å². The summed E-state index contributed by atoms with van der Waals surface area (Å²) < 4.78 is 0. The third-order valence-electron chi connectivity index (χ3n) is 1.86. The van der Waals surface area contributed by atoms with Crippen molar-refractivity contribution in [2.24, 2.45) is 0 Å². The van der Waals surface area contributed by atoms with E-state index in [1.165, 1.54) is 0 Å². The van der Waals surface area contributed by atoms with E-state index in [9.17, 15) is 0 Å². The average molecular weight is 185 g/mol. The number of hydrogen-bond donors (Lipinski definition) is 0. The fourth-order valence-corrected chi connectivity index (χ4v) is 1.24. The minimum Gasteiger partial charge on any atom is -0.374 e. The maximum atomic E-state index is 5.97. The van der Waals surface area contributed by atoms with Crippen LogP contribution in [0.5, 0.6) is 0 Å². The third-order valence-corrected chi connectivity index (χ3v) is 2.15. The molecule has 3 heteroatoms. The Morgan fingerprint density at radius 1 is 1.58 bits per heavy atom. The summed E-state index contributed by atoms with van der Waals surface area (Å²) in [6.07, 6.45) is 1.69. The van der Waals surface area contributed by atoms with Crippen LogP contribution in [0.25, 0.3) is 0 Å². The van der Waals surface area contributed by atoms with Crippen LogP contribution in [0.1, 0.15) is 12.6 Å². The Morgan fingerprint density at radius 3 is 2.83 bits per heavy atom. The van der Waals surface area contributed by atoms with Crippen LogP contribution in [-0.4, -0.2) is 18.6 Å². The van der Waals surface area contributed by atoms with E-state index in [1.807, 2.05) is 20.0 Å². The van der Waals surface area contributed by atoms with Gasteiger partial charge in [-0.2, -0.15) is 0 Å². The first-order valence-corrected chi connectivity index (χ1v) is 4.36. The van der Waals surface area contributed by atoms with Crippen LogP contribution in [0.3, 0.4) is 0 Å². The molecule has 0 atom stereocenters. The molecule has 0 aliphatic carbocycles. The summed E-state index contributed by atoms with van der Waals surface area (Å²) in [6.45, 7) is 5.00. The van der Waals surface area contributed by atoms with Crippen molar-refractivity contribution in [1.82, 2.24) is 4.98 Å². The van der Waals surface area contributed by atoms with Gasteiger partial charge >= 0.3 is 0 Å². The van der Waals surface area contributed by atoms with E-state index in [-0.39, 0.29) is 0 Å². The molecular weight excluding hydrogens is 172 g/mol. The van der Waals surface area contributed by atoms with E-state index in [4.69, 9.17) is 11.6 Å². The van der Waals surface area contributed by atoms with Crippen LogP contribution in [0.2, 0.25) is 5.02 Å². The summed E-state index contributed by atoms with van der Waals surface area (Å²) in [5.74, 6) is 0. The first-order valence-electron chi connectivity index (χ1n) is 3.98. The maximum Gasteiger partial charge on any atom is 0.0822 e. The van der Waals surface area contributed by atoms with E-state index in [0.29, 0.717) is 5.02 Å². The fraction of sp³-hybridized carbons (Fsp3) is 0.444. The molecule has 0 spiro atoms. The number of rotatable bonds is 2. The van der Waals surface area contributed by atoms with Crippen LogP contribution in [0.4, 0.5) is 5.69 Å². The second-order valence-electron chi connectivity index (χ2n) is 2.79. The van der Waals surface area contributed by atoms with Gasteiger partial charge in [-0.25, -0.2) is 0 Å². The van der Waals surface area contributed by atoms with Gasteiger partial charge in [-0.15, -0.1) is 0 Å². The summed E-state index contributed by atoms with van der Waals surface area (Å²) in [7, 11) is 2.01. The highest BCUT2D eigenvalue weighted by Gasteiger charge is 2.04. The van der Waals surface area contributed by atoms with Gasteiger partial charge in [-0.1, -0.05) is 11.6 Å². The Kier molecular flexibility index (Phi) is 2.93. The van der Waals surface area contributed by atoms with Crippen molar-refractivity contribution in [2.45, 2.75) is 13.8 Å². The minimum absolute atomic E-state index is 0.713. The van der Waals surface area contributed by atoms with Gasteiger partial charge in [0.2, 0.25) is 0 Å². The zero-order valence-electron chi connectivity index (χ0n) is 7.63. The van der Waals surface area contributed by atoms with Gasteiger partial charge in [0.25, 0.3) is 0 Å². The smallest absolute Gasteiger partial charge is 0.0822 e. The minimum atomic E-state index is 0.713. The third kappa shape index (κ3) is 1.89. The molecule has 1 heterocycles. The van der Waals surface area contributed by atoms with Gasteiger partial charge in [-0.05, 0) is 19.9 Å². The summed E-state index contributed by atoms with van der Waals surface area (Å²) in [5.41, 5.74) is 2.04. The summed E-state index contributed by atoms with van der Waals surface area (Å²) in [6, 6.07) is 1.99. The first-order chi connectivity index (χ1) is 5.65. The summed E-state index contributed by atoms with van der Waals surface area (Å²) in [5, 5.41) is 0.713. The van der Waals surface area contributed by atoms with Crippen molar-refractivity contribution in [3.63, 3.8) is 0 Å². The molecule has 0 N–H and O–H groups in total. The van der Waals surface area contributed by atoms with Gasteiger partial charge in [0.05, 0.1) is 10.7 Å². The monoisotopic (exact) mass is 184 g/mol. The molecule has 0 unspecified atom stereocenters. The molecule has 0 amide bonds. The largest absolute Gasteiger partial charge is 0.374 e. The van der Waals surface area contributed by atoms with Crippen molar-refractivity contribution in [3.8, 4) is 0 Å². The Balaban J connectivity index is 3.04. The highest BCUT2D eigenvalue weighted by Crippen LogP contribution is 2.23. The van der Waals surface area contributed by atoms with Crippen LogP contribution < -0.4 is 4.90 Å². The molecule has 66 valence electrons. The van der Waals surface area contributed by atoms with E-state index >= 15 is 0 Å². The number of aromatic nitrogens is 1. The summed E-state index contributed by atoms with van der Waals surface area (Å²) >= 11 is 5.97. The van der Waals surface area contributed by atoms with Gasteiger partial charge in [-0.3, -0.25) is 4.98 Å². The number of nitrogens with zero attached hydrogens (tertiary/aromatic N) is 2. The first kappa shape index (κ1) is 9.33. The van der Waals surface area contributed by atoms with Gasteiger partial charge in [0.1, 0.15) is 0 Å². The molecule has 1 rings (SSSR count). The molecule has 0 fully saturated rings. The van der Waals surface area contributed by atoms with Crippen molar-refractivity contribution in [2.75, 3.05) is 18.5 Å². The van der Waals surface area contributed by atoms with Gasteiger partial charge < -0.3 is 4.90 Å². The van der Waals surface area contributed by atoms with Crippen molar-refractivity contribution in [3.05, 3.63) is 23.0 Å². The van der Waals surface area contributed by atoms with E-state index in [0.717, 1.165) is 17.9 Å². The molecule has 2 nitrogen and oxygen atoms in total. The molecule has 0 saturated carbocycles. The number of halogens is 1. The number of pyridine rings is 1. The maximum absolute atomic E-state index is 5.97. The Morgan fingerprint density at radius 2 is 2.25 bits per heavy atom. The second kappa shape index (κ2) is 3.76. The summed E-state index contributed by atoms with van der Waals surface area (Å²) in [4.78, 5) is 6.19. The molecule has 0 bridgehead atoms. The normalized spacial score (nSPS) is 10.0. The lowest BCUT2D eigenvalue weighted by Crippen LogP contribution is -2.16. The Labute approximate surface area is 78.2 Å².